The number of unbranched alkanes of at least 4 members (excludes halogenated alkanes) is 6. The summed E-state index contributed by atoms with van der Waals surface area (Å²) in [6.07, 6.45) is 9.49. The van der Waals surface area contributed by atoms with Gasteiger partial charge in [0.05, 0.1) is 0 Å². The van der Waals surface area contributed by atoms with Gasteiger partial charge < -0.3 is 14.2 Å². The van der Waals surface area contributed by atoms with Crippen LogP contribution in [-0.4, -0.2) is 41.8 Å². The monoisotopic (exact) mass is 401 g/mol. The quantitative estimate of drug-likeness (QED) is 0.344. The van der Waals surface area contributed by atoms with Crippen molar-refractivity contribution in [2.45, 2.75) is 83.1 Å². The third-order valence-electron chi connectivity index (χ3n) is 5.17. The van der Waals surface area contributed by atoms with Gasteiger partial charge in [-0.25, -0.2) is 19.0 Å². The van der Waals surface area contributed by atoms with Crippen LogP contribution in [0.25, 0.3) is 0 Å². The molecular weight excluding hydrogens is 366 g/mol. The van der Waals surface area contributed by atoms with E-state index >= 15 is 0 Å². The number of hydrogen-bond donors (Lipinski definition) is 2. The summed E-state index contributed by atoms with van der Waals surface area (Å²) in [5.74, 6) is -0.938. The molecule has 1 atom stereocenters. The molecule has 28 heavy (non-hydrogen) atoms. The molecule has 0 aliphatic heterocycles. The molecule has 0 aromatic carbocycles. The minimum atomic E-state index is -0.938. The molecule has 1 heterocycles. The SMILES string of the molecule is CCC(CCCCCCCCCC(OC)(OC)OC)n1c(=O)[nH]c(=O)[nH]c1=O. The lowest BCUT2D eigenvalue weighted by Gasteiger charge is -2.28. The zero-order chi connectivity index (χ0) is 21.0. The van der Waals surface area contributed by atoms with Gasteiger partial charge in [0.2, 0.25) is 0 Å². The fraction of sp³-hybridized carbons (Fsp3) is 0.842. The second kappa shape index (κ2) is 12.7. The first-order valence-corrected chi connectivity index (χ1v) is 10.0. The van der Waals surface area contributed by atoms with Gasteiger partial charge in [0.15, 0.2) is 0 Å². The lowest BCUT2D eigenvalue weighted by atomic mass is 10.0. The van der Waals surface area contributed by atoms with Gasteiger partial charge in [-0.2, -0.15) is 0 Å². The number of aromatic nitrogens is 3. The number of aromatic amines is 2. The summed E-state index contributed by atoms with van der Waals surface area (Å²) in [6.45, 7) is 1.93. The van der Waals surface area contributed by atoms with Crippen molar-refractivity contribution in [1.82, 2.24) is 14.5 Å². The first-order valence-electron chi connectivity index (χ1n) is 10.0. The van der Waals surface area contributed by atoms with Crippen LogP contribution in [0.3, 0.4) is 0 Å². The van der Waals surface area contributed by atoms with Gasteiger partial charge in [0, 0.05) is 33.8 Å². The number of methoxy groups -OCH3 is 3. The van der Waals surface area contributed by atoms with Crippen LogP contribution < -0.4 is 17.1 Å². The molecule has 1 aromatic heterocycles. The molecule has 0 aliphatic rings. The summed E-state index contributed by atoms with van der Waals surface area (Å²) < 4.78 is 16.9. The molecule has 0 radical (unpaired) electrons. The maximum absolute atomic E-state index is 11.9. The van der Waals surface area contributed by atoms with Crippen LogP contribution in [0.5, 0.6) is 0 Å². The summed E-state index contributed by atoms with van der Waals surface area (Å²) >= 11 is 0. The van der Waals surface area contributed by atoms with Crippen LogP contribution in [0, 0.1) is 0 Å². The van der Waals surface area contributed by atoms with E-state index in [-0.39, 0.29) is 6.04 Å². The van der Waals surface area contributed by atoms with Gasteiger partial charge in [-0.3, -0.25) is 9.97 Å². The van der Waals surface area contributed by atoms with Crippen molar-refractivity contribution < 1.29 is 14.2 Å². The highest BCUT2D eigenvalue weighted by molar-refractivity contribution is 4.76. The molecule has 2 N–H and O–H groups in total. The topological polar surface area (TPSA) is 115 Å². The largest absolute Gasteiger partial charge is 0.333 e. The van der Waals surface area contributed by atoms with E-state index in [9.17, 15) is 14.4 Å². The standard InChI is InChI=1S/C19H35N3O6/c1-5-15(22-17(24)20-16(23)21-18(22)25)13-11-9-7-6-8-10-12-14-19(26-2,27-3)28-4/h15H,5-14H2,1-4H3,(H2,20,21,23,24,25). The summed E-state index contributed by atoms with van der Waals surface area (Å²) in [4.78, 5) is 39.2. The highest BCUT2D eigenvalue weighted by Crippen LogP contribution is 2.22. The smallest absolute Gasteiger partial charge is 0.331 e. The Labute approximate surface area is 165 Å². The van der Waals surface area contributed by atoms with Gasteiger partial charge in [-0.05, 0) is 19.3 Å². The second-order valence-corrected chi connectivity index (χ2v) is 6.93. The molecule has 0 fully saturated rings. The van der Waals surface area contributed by atoms with E-state index in [4.69, 9.17) is 14.2 Å². The Morgan fingerprint density at radius 1 is 0.821 bits per heavy atom. The summed E-state index contributed by atoms with van der Waals surface area (Å²) in [7, 11) is 4.72. The van der Waals surface area contributed by atoms with Gasteiger partial charge in [-0.15, -0.1) is 0 Å². The highest BCUT2D eigenvalue weighted by atomic mass is 16.9. The first-order chi connectivity index (χ1) is 13.4. The van der Waals surface area contributed by atoms with Crippen molar-refractivity contribution in [3.05, 3.63) is 31.5 Å². The molecule has 0 spiro atoms. The van der Waals surface area contributed by atoms with E-state index in [0.717, 1.165) is 55.9 Å². The molecule has 0 amide bonds. The summed E-state index contributed by atoms with van der Waals surface area (Å²) in [5.41, 5.74) is -2.04. The Morgan fingerprint density at radius 3 is 1.75 bits per heavy atom. The zero-order valence-corrected chi connectivity index (χ0v) is 17.5. The van der Waals surface area contributed by atoms with Gasteiger partial charge in [0.25, 0.3) is 5.97 Å². The minimum absolute atomic E-state index is 0.196. The molecule has 9 heteroatoms. The van der Waals surface area contributed by atoms with E-state index in [1.807, 2.05) is 6.92 Å². The second-order valence-electron chi connectivity index (χ2n) is 6.93. The molecule has 0 saturated heterocycles. The van der Waals surface area contributed by atoms with E-state index in [0.29, 0.717) is 12.8 Å². The van der Waals surface area contributed by atoms with Crippen LogP contribution in [0.2, 0.25) is 0 Å². The fourth-order valence-corrected chi connectivity index (χ4v) is 3.45. The van der Waals surface area contributed by atoms with Crippen molar-refractivity contribution in [2.24, 2.45) is 0 Å². The predicted molar refractivity (Wildman–Crippen MR) is 107 cm³/mol. The molecule has 162 valence electrons. The van der Waals surface area contributed by atoms with Crippen LogP contribution >= 0.6 is 0 Å². The van der Waals surface area contributed by atoms with Crippen LogP contribution in [-0.2, 0) is 14.2 Å². The van der Waals surface area contributed by atoms with Crippen LogP contribution in [0.1, 0.15) is 77.2 Å². The number of nitrogens with one attached hydrogen (secondary N) is 2. The Kier molecular flexibility index (Phi) is 11.0. The Hall–Kier alpha value is -1.71. The molecule has 0 aliphatic carbocycles. The molecule has 1 aromatic rings. The molecule has 9 nitrogen and oxygen atoms in total. The molecule has 1 unspecified atom stereocenters. The van der Waals surface area contributed by atoms with Crippen molar-refractivity contribution in [1.29, 1.82) is 0 Å². The van der Waals surface area contributed by atoms with Crippen LogP contribution in [0.15, 0.2) is 14.4 Å². The number of nitrogens with zero attached hydrogens (tertiary/aromatic N) is 1. The molecule has 1 rings (SSSR count). The molecule has 0 saturated carbocycles. The zero-order valence-electron chi connectivity index (χ0n) is 17.5. The Morgan fingerprint density at radius 2 is 1.29 bits per heavy atom. The number of ether oxygens (including phenoxy) is 3. The average Bonchev–Trinajstić information content (AvgIpc) is 2.68. The van der Waals surface area contributed by atoms with Gasteiger partial charge in [0.1, 0.15) is 0 Å². The third-order valence-corrected chi connectivity index (χ3v) is 5.17. The number of rotatable bonds is 15. The van der Waals surface area contributed by atoms with E-state index in [1.54, 1.807) is 21.3 Å². The first kappa shape index (κ1) is 24.3. The lowest BCUT2D eigenvalue weighted by Crippen LogP contribution is -2.45. The van der Waals surface area contributed by atoms with Gasteiger partial charge >= 0.3 is 17.1 Å². The molecular formula is C19H35N3O6. The molecule has 0 bridgehead atoms. The summed E-state index contributed by atoms with van der Waals surface area (Å²) in [5, 5.41) is 0. The summed E-state index contributed by atoms with van der Waals surface area (Å²) in [6, 6.07) is -0.196. The van der Waals surface area contributed by atoms with Crippen molar-refractivity contribution in [3.8, 4) is 0 Å². The van der Waals surface area contributed by atoms with Gasteiger partial charge in [-0.1, -0.05) is 45.4 Å². The Bertz CT molecular complexity index is 677. The third kappa shape index (κ3) is 7.37. The maximum atomic E-state index is 11.9. The predicted octanol–water partition coefficient (Wildman–Crippen LogP) is 2.28. The normalized spacial score (nSPS) is 13.0. The highest BCUT2D eigenvalue weighted by Gasteiger charge is 2.28. The fourth-order valence-electron chi connectivity index (χ4n) is 3.45. The minimum Gasteiger partial charge on any atom is -0.331 e. The Balaban J connectivity index is 2.26. The van der Waals surface area contributed by atoms with E-state index in [2.05, 4.69) is 9.97 Å². The van der Waals surface area contributed by atoms with Crippen molar-refractivity contribution in [3.63, 3.8) is 0 Å². The van der Waals surface area contributed by atoms with Crippen molar-refractivity contribution in [2.75, 3.05) is 21.3 Å². The van der Waals surface area contributed by atoms with Crippen LogP contribution in [0.4, 0.5) is 0 Å². The van der Waals surface area contributed by atoms with Crippen molar-refractivity contribution >= 4 is 0 Å². The van der Waals surface area contributed by atoms with E-state index in [1.165, 1.54) is 0 Å². The number of H-pyrrole nitrogens is 2. The lowest BCUT2D eigenvalue weighted by molar-refractivity contribution is -0.355. The maximum Gasteiger partial charge on any atom is 0.333 e. The average molecular weight is 402 g/mol. The number of hydrogen-bond acceptors (Lipinski definition) is 6. The van der Waals surface area contributed by atoms with E-state index < -0.39 is 23.0 Å².